The van der Waals surface area contributed by atoms with Crippen molar-refractivity contribution in [2.75, 3.05) is 5.32 Å². The topological polar surface area (TPSA) is 82.2 Å². The van der Waals surface area contributed by atoms with Gasteiger partial charge >= 0.3 is 0 Å². The first kappa shape index (κ1) is 23.2. The zero-order valence-corrected chi connectivity index (χ0v) is 20.0. The van der Waals surface area contributed by atoms with Crippen LogP contribution in [-0.2, 0) is 13.2 Å². The second-order valence-electron chi connectivity index (χ2n) is 7.30. The van der Waals surface area contributed by atoms with Crippen LogP contribution in [0.15, 0.2) is 53.2 Å². The molecule has 0 aliphatic rings. The molecular formula is C23H19Cl3N4O3. The molecule has 2 aromatic heterocycles. The largest absolute Gasteiger partial charge is 0.488 e. The third-order valence-electron chi connectivity index (χ3n) is 5.00. The van der Waals surface area contributed by atoms with Crippen molar-refractivity contribution in [2.45, 2.75) is 27.0 Å². The summed E-state index contributed by atoms with van der Waals surface area (Å²) in [4.78, 5) is 12.9. The minimum Gasteiger partial charge on any atom is -0.488 e. The molecule has 1 amide bonds. The van der Waals surface area contributed by atoms with E-state index in [4.69, 9.17) is 44.1 Å². The van der Waals surface area contributed by atoms with Gasteiger partial charge in [0.05, 0.1) is 12.1 Å². The van der Waals surface area contributed by atoms with Gasteiger partial charge < -0.3 is 14.6 Å². The summed E-state index contributed by atoms with van der Waals surface area (Å²) >= 11 is 18.8. The van der Waals surface area contributed by atoms with Gasteiger partial charge in [0.25, 0.3) is 5.91 Å². The Bertz CT molecular complexity index is 1300. The molecule has 2 aromatic carbocycles. The molecule has 0 spiro atoms. The fourth-order valence-corrected chi connectivity index (χ4v) is 3.90. The van der Waals surface area contributed by atoms with E-state index < -0.39 is 5.91 Å². The first-order valence-corrected chi connectivity index (χ1v) is 11.1. The Morgan fingerprint density at radius 3 is 2.48 bits per heavy atom. The molecule has 10 heteroatoms. The Morgan fingerprint density at radius 2 is 1.76 bits per heavy atom. The monoisotopic (exact) mass is 504 g/mol. The van der Waals surface area contributed by atoms with Gasteiger partial charge in [-0.1, -0.05) is 64.2 Å². The van der Waals surface area contributed by atoms with E-state index in [9.17, 15) is 4.79 Å². The molecule has 2 heterocycles. The van der Waals surface area contributed by atoms with Crippen LogP contribution in [0.4, 0.5) is 5.82 Å². The van der Waals surface area contributed by atoms with Gasteiger partial charge in [-0.3, -0.25) is 9.48 Å². The van der Waals surface area contributed by atoms with E-state index in [0.717, 1.165) is 5.56 Å². The van der Waals surface area contributed by atoms with Crippen LogP contribution in [0.5, 0.6) is 5.75 Å². The van der Waals surface area contributed by atoms with Crippen molar-refractivity contribution in [1.82, 2.24) is 14.9 Å². The maximum Gasteiger partial charge on any atom is 0.279 e. The highest BCUT2D eigenvalue weighted by Crippen LogP contribution is 2.27. The molecule has 0 radical (unpaired) electrons. The Morgan fingerprint density at radius 1 is 1.03 bits per heavy atom. The lowest BCUT2D eigenvalue weighted by atomic mass is 10.2. The molecule has 170 valence electrons. The summed E-state index contributed by atoms with van der Waals surface area (Å²) in [6.45, 7) is 4.07. The molecule has 4 rings (SSSR count). The summed E-state index contributed by atoms with van der Waals surface area (Å²) < 4.78 is 12.6. The van der Waals surface area contributed by atoms with Crippen LogP contribution >= 0.6 is 34.8 Å². The fourth-order valence-electron chi connectivity index (χ4n) is 3.18. The van der Waals surface area contributed by atoms with E-state index in [-0.39, 0.29) is 29.7 Å². The first-order valence-electron chi connectivity index (χ1n) is 9.94. The quantitative estimate of drug-likeness (QED) is 0.317. The lowest BCUT2D eigenvalue weighted by molar-refractivity contribution is 0.101. The molecule has 0 unspecified atom stereocenters. The Hall–Kier alpha value is -3.00. The van der Waals surface area contributed by atoms with E-state index in [2.05, 4.69) is 15.6 Å². The number of aromatic nitrogens is 3. The number of rotatable bonds is 7. The van der Waals surface area contributed by atoms with Gasteiger partial charge in [-0.05, 0) is 37.6 Å². The van der Waals surface area contributed by atoms with Crippen LogP contribution in [0, 0.1) is 13.8 Å². The van der Waals surface area contributed by atoms with Gasteiger partial charge in [-0.25, -0.2) is 0 Å². The number of ether oxygens (including phenoxy) is 1. The fraction of sp³-hybridized carbons (Fsp3) is 0.174. The van der Waals surface area contributed by atoms with Crippen molar-refractivity contribution in [3.8, 4) is 5.75 Å². The molecule has 0 aliphatic carbocycles. The minimum atomic E-state index is -0.516. The summed E-state index contributed by atoms with van der Waals surface area (Å²) in [5, 5.41) is 12.2. The number of hydrogen-bond donors (Lipinski definition) is 1. The lowest BCUT2D eigenvalue weighted by Crippen LogP contribution is -2.16. The average molecular weight is 506 g/mol. The number of anilines is 1. The van der Waals surface area contributed by atoms with E-state index in [1.807, 2.05) is 31.2 Å². The van der Waals surface area contributed by atoms with Crippen molar-refractivity contribution in [2.24, 2.45) is 0 Å². The van der Waals surface area contributed by atoms with Crippen LogP contribution in [0.2, 0.25) is 15.1 Å². The Balaban J connectivity index is 1.50. The van der Waals surface area contributed by atoms with E-state index in [1.54, 1.807) is 36.0 Å². The predicted octanol–water partition coefficient (Wildman–Crippen LogP) is 6.33. The van der Waals surface area contributed by atoms with Crippen molar-refractivity contribution >= 4 is 46.5 Å². The number of nitrogens with one attached hydrogen (secondary N) is 1. The van der Waals surface area contributed by atoms with Crippen LogP contribution < -0.4 is 10.1 Å². The van der Waals surface area contributed by atoms with E-state index in [0.29, 0.717) is 32.7 Å². The van der Waals surface area contributed by atoms with Gasteiger partial charge in [0.2, 0.25) is 0 Å². The molecule has 0 bridgehead atoms. The SMILES string of the molecule is Cc1ccccc1OCc1c(C(=O)Nc2nn(Cc3c(Cl)cccc3Cl)cc2Cl)noc1C. The van der Waals surface area contributed by atoms with Crippen molar-refractivity contribution in [3.63, 3.8) is 0 Å². The minimum absolute atomic E-state index is 0.0980. The second kappa shape index (κ2) is 9.87. The molecule has 0 atom stereocenters. The van der Waals surface area contributed by atoms with E-state index >= 15 is 0 Å². The van der Waals surface area contributed by atoms with Crippen LogP contribution in [0.3, 0.4) is 0 Å². The molecule has 0 fully saturated rings. The third kappa shape index (κ3) is 5.16. The summed E-state index contributed by atoms with van der Waals surface area (Å²) in [5.74, 6) is 0.859. The number of halogens is 3. The summed E-state index contributed by atoms with van der Waals surface area (Å²) in [5.41, 5.74) is 2.31. The Kier molecular flexibility index (Phi) is 6.93. The summed E-state index contributed by atoms with van der Waals surface area (Å²) in [6.07, 6.45) is 1.58. The van der Waals surface area contributed by atoms with Crippen molar-refractivity contribution in [3.05, 3.63) is 91.9 Å². The molecule has 0 saturated heterocycles. The molecule has 4 aromatic rings. The molecule has 1 N–H and O–H groups in total. The number of carbonyl (C=O) groups is 1. The number of amides is 1. The standard InChI is InChI=1S/C23H19Cl3N4O3/c1-13-6-3-4-9-20(13)32-12-16-14(2)33-29-21(16)23(31)27-22-19(26)11-30(28-22)10-15-17(24)7-5-8-18(15)25/h3-9,11H,10,12H2,1-2H3,(H,27,28,31). The van der Waals surface area contributed by atoms with Crippen molar-refractivity contribution in [1.29, 1.82) is 0 Å². The summed E-state index contributed by atoms with van der Waals surface area (Å²) in [7, 11) is 0. The average Bonchev–Trinajstić information content (AvgIpc) is 3.32. The van der Waals surface area contributed by atoms with Crippen LogP contribution in [0.25, 0.3) is 0 Å². The number of benzene rings is 2. The first-order chi connectivity index (χ1) is 15.8. The highest BCUT2D eigenvalue weighted by atomic mass is 35.5. The third-order valence-corrected chi connectivity index (χ3v) is 5.98. The zero-order chi connectivity index (χ0) is 23.5. The van der Waals surface area contributed by atoms with Gasteiger partial charge in [0.15, 0.2) is 11.5 Å². The molecule has 0 aliphatic heterocycles. The maximum atomic E-state index is 12.9. The highest BCUT2D eigenvalue weighted by molar-refractivity contribution is 6.36. The van der Waals surface area contributed by atoms with Crippen molar-refractivity contribution < 1.29 is 14.1 Å². The molecule has 0 saturated carbocycles. The van der Waals surface area contributed by atoms with E-state index in [1.165, 1.54) is 0 Å². The van der Waals surface area contributed by atoms with Gasteiger partial charge in [0, 0.05) is 21.8 Å². The second-order valence-corrected chi connectivity index (χ2v) is 8.52. The smallest absolute Gasteiger partial charge is 0.279 e. The zero-order valence-electron chi connectivity index (χ0n) is 17.7. The lowest BCUT2D eigenvalue weighted by Gasteiger charge is -2.09. The highest BCUT2D eigenvalue weighted by Gasteiger charge is 2.22. The van der Waals surface area contributed by atoms with Gasteiger partial charge in [-0.2, -0.15) is 5.10 Å². The number of aryl methyl sites for hydroxylation is 2. The normalized spacial score (nSPS) is 10.9. The number of hydrogen-bond acceptors (Lipinski definition) is 5. The molecule has 33 heavy (non-hydrogen) atoms. The molecule has 7 nitrogen and oxygen atoms in total. The number of para-hydroxylation sites is 1. The molecular weight excluding hydrogens is 487 g/mol. The van der Waals surface area contributed by atoms with Gasteiger partial charge in [-0.15, -0.1) is 0 Å². The maximum absolute atomic E-state index is 12.9. The van der Waals surface area contributed by atoms with Gasteiger partial charge in [0.1, 0.15) is 23.1 Å². The summed E-state index contributed by atoms with van der Waals surface area (Å²) in [6, 6.07) is 12.8. The van der Waals surface area contributed by atoms with Crippen LogP contribution in [-0.4, -0.2) is 20.8 Å². The van der Waals surface area contributed by atoms with Crippen LogP contribution in [0.1, 0.15) is 32.9 Å². The number of carbonyl (C=O) groups excluding carboxylic acids is 1. The number of nitrogens with zero attached hydrogens (tertiary/aromatic N) is 3. The Labute approximate surface area is 205 Å². The predicted molar refractivity (Wildman–Crippen MR) is 128 cm³/mol.